The highest BCUT2D eigenvalue weighted by molar-refractivity contribution is 5.88. The lowest BCUT2D eigenvalue weighted by Gasteiger charge is -2.26. The van der Waals surface area contributed by atoms with Gasteiger partial charge in [0.05, 0.1) is 7.11 Å². The molecule has 0 saturated carbocycles. The van der Waals surface area contributed by atoms with Crippen molar-refractivity contribution >= 4 is 16.7 Å². The number of fused-ring (bicyclic) bond motifs is 1. The van der Waals surface area contributed by atoms with Crippen LogP contribution in [0.1, 0.15) is 6.92 Å². The topological polar surface area (TPSA) is 47.6 Å². The van der Waals surface area contributed by atoms with Gasteiger partial charge in [-0.15, -0.1) is 0 Å². The molecule has 4 heteroatoms. The molecule has 0 aromatic heterocycles. The first kappa shape index (κ1) is 14.3. The van der Waals surface area contributed by atoms with Gasteiger partial charge in [0.1, 0.15) is 17.9 Å². The van der Waals surface area contributed by atoms with E-state index in [0.29, 0.717) is 0 Å². The van der Waals surface area contributed by atoms with Crippen LogP contribution in [0.2, 0.25) is 0 Å². The molecule has 0 saturated heterocycles. The third-order valence-electron chi connectivity index (χ3n) is 3.45. The van der Waals surface area contributed by atoms with Crippen molar-refractivity contribution in [3.05, 3.63) is 42.5 Å². The van der Waals surface area contributed by atoms with E-state index in [0.717, 1.165) is 16.5 Å². The second-order valence-corrected chi connectivity index (χ2v) is 4.84. The van der Waals surface area contributed by atoms with E-state index in [1.807, 2.05) is 42.5 Å². The van der Waals surface area contributed by atoms with Gasteiger partial charge in [-0.3, -0.25) is 0 Å². The van der Waals surface area contributed by atoms with Crippen molar-refractivity contribution in [2.24, 2.45) is 0 Å². The zero-order valence-corrected chi connectivity index (χ0v) is 12.0. The van der Waals surface area contributed by atoms with Gasteiger partial charge in [-0.05, 0) is 25.4 Å². The zero-order valence-electron chi connectivity index (χ0n) is 12.0. The molecule has 4 nitrogen and oxygen atoms in total. The lowest BCUT2D eigenvalue weighted by atomic mass is 10.0. The second-order valence-electron chi connectivity index (χ2n) is 4.84. The summed E-state index contributed by atoms with van der Waals surface area (Å²) in [7, 11) is 3.08. The Balaban J connectivity index is 2.23. The second kappa shape index (κ2) is 5.92. The summed E-state index contributed by atoms with van der Waals surface area (Å²) in [5.41, 5.74) is -0.869. The van der Waals surface area contributed by atoms with Crippen molar-refractivity contribution < 1.29 is 14.3 Å². The quantitative estimate of drug-likeness (QED) is 0.850. The van der Waals surface area contributed by atoms with Gasteiger partial charge in [-0.2, -0.15) is 0 Å². The molecule has 0 amide bonds. The molecule has 106 valence electrons. The van der Waals surface area contributed by atoms with Gasteiger partial charge in [0.15, 0.2) is 0 Å². The van der Waals surface area contributed by atoms with Crippen LogP contribution in [-0.2, 0) is 9.53 Å². The fourth-order valence-corrected chi connectivity index (χ4v) is 2.00. The first-order valence-corrected chi connectivity index (χ1v) is 6.48. The highest BCUT2D eigenvalue weighted by atomic mass is 16.5. The fourth-order valence-electron chi connectivity index (χ4n) is 2.00. The zero-order chi connectivity index (χ0) is 14.6. The Morgan fingerprint density at radius 3 is 2.60 bits per heavy atom. The summed E-state index contributed by atoms with van der Waals surface area (Å²) in [5.74, 6) is 0.411. The Morgan fingerprint density at radius 2 is 1.90 bits per heavy atom. The number of carbonyl (C=O) groups is 1. The van der Waals surface area contributed by atoms with Crippen LogP contribution in [0.25, 0.3) is 10.8 Å². The Hall–Kier alpha value is -2.07. The van der Waals surface area contributed by atoms with Crippen LogP contribution in [0.3, 0.4) is 0 Å². The van der Waals surface area contributed by atoms with Crippen LogP contribution in [0.5, 0.6) is 5.75 Å². The first-order chi connectivity index (χ1) is 9.60. The normalized spacial score (nSPS) is 13.8. The molecule has 2 rings (SSSR count). The van der Waals surface area contributed by atoms with Gasteiger partial charge in [0.2, 0.25) is 0 Å². The molecule has 1 unspecified atom stereocenters. The molecule has 0 fully saturated rings. The lowest BCUT2D eigenvalue weighted by Crippen LogP contribution is -2.52. The molecule has 0 aliphatic rings. The summed E-state index contributed by atoms with van der Waals surface area (Å²) >= 11 is 0. The number of hydrogen-bond donors (Lipinski definition) is 1. The Labute approximate surface area is 118 Å². The maximum absolute atomic E-state index is 11.8. The van der Waals surface area contributed by atoms with Crippen molar-refractivity contribution in [2.75, 3.05) is 20.8 Å². The lowest BCUT2D eigenvalue weighted by molar-refractivity contribution is -0.148. The average Bonchev–Trinajstić information content (AvgIpc) is 2.51. The van der Waals surface area contributed by atoms with Crippen LogP contribution in [-0.4, -0.2) is 32.3 Å². The fraction of sp³-hybridized carbons (Fsp3) is 0.312. The summed E-state index contributed by atoms with van der Waals surface area (Å²) in [6.07, 6.45) is 0. The van der Waals surface area contributed by atoms with E-state index in [9.17, 15) is 4.79 Å². The Morgan fingerprint density at radius 1 is 1.20 bits per heavy atom. The van der Waals surface area contributed by atoms with E-state index in [2.05, 4.69) is 5.32 Å². The van der Waals surface area contributed by atoms with E-state index in [1.165, 1.54) is 7.11 Å². The molecule has 1 N–H and O–H groups in total. The molecule has 0 spiro atoms. The summed E-state index contributed by atoms with van der Waals surface area (Å²) in [6, 6.07) is 13.8. The molecular formula is C16H19NO3. The molecule has 2 aromatic carbocycles. The third kappa shape index (κ3) is 2.75. The van der Waals surface area contributed by atoms with E-state index < -0.39 is 5.54 Å². The van der Waals surface area contributed by atoms with Crippen molar-refractivity contribution in [3.8, 4) is 5.75 Å². The predicted octanol–water partition coefficient (Wildman–Crippen LogP) is 2.37. The van der Waals surface area contributed by atoms with Gasteiger partial charge >= 0.3 is 5.97 Å². The van der Waals surface area contributed by atoms with Crippen molar-refractivity contribution in [3.63, 3.8) is 0 Å². The third-order valence-corrected chi connectivity index (χ3v) is 3.45. The van der Waals surface area contributed by atoms with Crippen LogP contribution < -0.4 is 10.1 Å². The highest BCUT2D eigenvalue weighted by Gasteiger charge is 2.33. The molecule has 2 aromatic rings. The Kier molecular flexibility index (Phi) is 4.25. The minimum Gasteiger partial charge on any atom is -0.490 e. The first-order valence-electron chi connectivity index (χ1n) is 6.48. The van der Waals surface area contributed by atoms with E-state index in [1.54, 1.807) is 14.0 Å². The smallest absolute Gasteiger partial charge is 0.329 e. The number of nitrogens with one attached hydrogen (secondary N) is 1. The minimum atomic E-state index is -0.869. The molecule has 0 heterocycles. The summed E-state index contributed by atoms with van der Waals surface area (Å²) < 4.78 is 10.6. The highest BCUT2D eigenvalue weighted by Crippen LogP contribution is 2.26. The van der Waals surface area contributed by atoms with E-state index in [-0.39, 0.29) is 12.6 Å². The maximum atomic E-state index is 11.8. The Bertz CT molecular complexity index is 606. The number of rotatable bonds is 5. The molecule has 0 radical (unpaired) electrons. The largest absolute Gasteiger partial charge is 0.490 e. The van der Waals surface area contributed by atoms with Gasteiger partial charge in [0, 0.05) is 5.39 Å². The molecular weight excluding hydrogens is 254 g/mol. The van der Waals surface area contributed by atoms with Gasteiger partial charge in [-0.25, -0.2) is 4.79 Å². The number of carbonyl (C=O) groups excluding carboxylic acids is 1. The number of hydrogen-bond acceptors (Lipinski definition) is 4. The molecule has 1 atom stereocenters. The monoisotopic (exact) mass is 273 g/mol. The summed E-state index contributed by atoms with van der Waals surface area (Å²) in [5, 5.41) is 5.08. The van der Waals surface area contributed by atoms with Crippen LogP contribution in [0.15, 0.2) is 42.5 Å². The number of methoxy groups -OCH3 is 1. The minimum absolute atomic E-state index is 0.199. The standard InChI is InChI=1S/C16H19NO3/c1-16(17-2,15(18)19-3)11-20-14-10-6-8-12-7-4-5-9-13(12)14/h4-10,17H,11H2,1-3H3. The van der Waals surface area contributed by atoms with Gasteiger partial charge in [0.25, 0.3) is 0 Å². The molecule has 0 aliphatic heterocycles. The van der Waals surface area contributed by atoms with Crippen LogP contribution in [0, 0.1) is 0 Å². The molecule has 0 aliphatic carbocycles. The van der Waals surface area contributed by atoms with Gasteiger partial charge < -0.3 is 14.8 Å². The predicted molar refractivity (Wildman–Crippen MR) is 78.9 cm³/mol. The van der Waals surface area contributed by atoms with Crippen LogP contribution in [0.4, 0.5) is 0 Å². The van der Waals surface area contributed by atoms with Crippen LogP contribution >= 0.6 is 0 Å². The van der Waals surface area contributed by atoms with Crippen molar-refractivity contribution in [1.82, 2.24) is 5.32 Å². The number of ether oxygens (including phenoxy) is 2. The van der Waals surface area contributed by atoms with Crippen molar-refractivity contribution in [1.29, 1.82) is 0 Å². The summed E-state index contributed by atoms with van der Waals surface area (Å²) in [4.78, 5) is 11.8. The average molecular weight is 273 g/mol. The van der Waals surface area contributed by atoms with Gasteiger partial charge in [-0.1, -0.05) is 36.4 Å². The molecule has 0 bridgehead atoms. The SMILES string of the molecule is CNC(C)(COc1cccc2ccccc12)C(=O)OC. The number of benzene rings is 2. The van der Waals surface area contributed by atoms with E-state index >= 15 is 0 Å². The number of esters is 1. The van der Waals surface area contributed by atoms with E-state index in [4.69, 9.17) is 9.47 Å². The maximum Gasteiger partial charge on any atom is 0.329 e. The number of likely N-dealkylation sites (N-methyl/N-ethyl adjacent to an activating group) is 1. The summed E-state index contributed by atoms with van der Waals surface area (Å²) in [6.45, 7) is 1.95. The van der Waals surface area contributed by atoms with Crippen molar-refractivity contribution in [2.45, 2.75) is 12.5 Å². The molecule has 20 heavy (non-hydrogen) atoms.